The van der Waals surface area contributed by atoms with Crippen LogP contribution in [0.5, 0.6) is 0 Å². The van der Waals surface area contributed by atoms with Crippen LogP contribution in [-0.2, 0) is 0 Å². The number of amides is 1. The largest absolute Gasteiger partial charge is 0.372 e. The number of piperidine rings is 1. The van der Waals surface area contributed by atoms with Gasteiger partial charge in [0.15, 0.2) is 0 Å². The Labute approximate surface area is 168 Å². The van der Waals surface area contributed by atoms with Gasteiger partial charge in [-0.25, -0.2) is 0 Å². The molecule has 0 radical (unpaired) electrons. The quantitative estimate of drug-likeness (QED) is 0.608. The maximum absolute atomic E-state index is 12.8. The summed E-state index contributed by atoms with van der Waals surface area (Å²) in [4.78, 5) is 28.6. The van der Waals surface area contributed by atoms with Gasteiger partial charge < -0.3 is 10.2 Å². The lowest BCUT2D eigenvalue weighted by Crippen LogP contribution is -2.29. The molecule has 4 nitrogen and oxygen atoms in total. The van der Waals surface area contributed by atoms with Crippen LogP contribution in [0.1, 0.15) is 44.9 Å². The molecule has 28 heavy (non-hydrogen) atoms. The predicted molar refractivity (Wildman–Crippen MR) is 115 cm³/mol. The molecule has 0 aliphatic carbocycles. The van der Waals surface area contributed by atoms with Crippen LogP contribution < -0.4 is 10.2 Å². The van der Waals surface area contributed by atoms with Crippen molar-refractivity contribution in [3.8, 4) is 0 Å². The van der Waals surface area contributed by atoms with Crippen molar-refractivity contribution in [2.24, 2.45) is 0 Å². The van der Waals surface area contributed by atoms with Crippen LogP contribution >= 0.6 is 11.3 Å². The molecule has 1 fully saturated rings. The summed E-state index contributed by atoms with van der Waals surface area (Å²) in [5.41, 5.74) is 2.73. The van der Waals surface area contributed by atoms with E-state index in [1.165, 1.54) is 36.3 Å². The van der Waals surface area contributed by atoms with E-state index in [1.54, 1.807) is 30.3 Å². The van der Waals surface area contributed by atoms with Gasteiger partial charge in [-0.15, -0.1) is 11.3 Å². The molecule has 2 heterocycles. The minimum atomic E-state index is -0.272. The van der Waals surface area contributed by atoms with E-state index in [2.05, 4.69) is 10.2 Å². The molecule has 1 N–H and O–H groups in total. The first-order chi connectivity index (χ1) is 13.7. The maximum Gasteiger partial charge on any atom is 0.256 e. The van der Waals surface area contributed by atoms with Crippen molar-refractivity contribution in [2.45, 2.75) is 19.3 Å². The number of anilines is 2. The summed E-state index contributed by atoms with van der Waals surface area (Å²) in [6.07, 6.45) is 3.76. The van der Waals surface area contributed by atoms with E-state index in [-0.39, 0.29) is 11.7 Å². The number of benzene rings is 2. The second-order valence-electron chi connectivity index (χ2n) is 6.90. The second kappa shape index (κ2) is 8.40. The van der Waals surface area contributed by atoms with E-state index in [9.17, 15) is 9.59 Å². The van der Waals surface area contributed by atoms with E-state index >= 15 is 0 Å². The number of nitrogens with one attached hydrogen (secondary N) is 1. The molecule has 142 valence electrons. The van der Waals surface area contributed by atoms with Crippen molar-refractivity contribution in [2.75, 3.05) is 23.3 Å². The van der Waals surface area contributed by atoms with E-state index in [0.717, 1.165) is 18.8 Å². The summed E-state index contributed by atoms with van der Waals surface area (Å²) in [7, 11) is 0. The number of carbonyl (C=O) groups excluding carboxylic acids is 2. The van der Waals surface area contributed by atoms with E-state index in [0.29, 0.717) is 16.0 Å². The number of carbonyl (C=O) groups is 2. The molecule has 0 spiro atoms. The summed E-state index contributed by atoms with van der Waals surface area (Å²) < 4.78 is 0. The monoisotopic (exact) mass is 390 g/mol. The van der Waals surface area contributed by atoms with E-state index in [1.807, 2.05) is 35.7 Å². The Balaban J connectivity index is 1.50. The molecular formula is C23H22N2O2S. The Morgan fingerprint density at radius 1 is 0.821 bits per heavy atom. The normalized spacial score (nSPS) is 13.9. The van der Waals surface area contributed by atoms with Crippen LogP contribution in [0.25, 0.3) is 0 Å². The Hall–Kier alpha value is -2.92. The SMILES string of the molecule is O=C(Nc1ccc(N2CCCCC2)cc1)c1ccccc1C(=O)c1cccs1. The van der Waals surface area contributed by atoms with Gasteiger partial charge >= 0.3 is 0 Å². The molecule has 1 saturated heterocycles. The summed E-state index contributed by atoms with van der Waals surface area (Å²) in [5.74, 6) is -0.396. The second-order valence-corrected chi connectivity index (χ2v) is 7.85. The highest BCUT2D eigenvalue weighted by Gasteiger charge is 2.19. The zero-order valence-electron chi connectivity index (χ0n) is 15.6. The van der Waals surface area contributed by atoms with Gasteiger partial charge in [-0.2, -0.15) is 0 Å². The predicted octanol–water partition coefficient (Wildman–Crippen LogP) is 5.22. The lowest BCUT2D eigenvalue weighted by atomic mass is 10.0. The van der Waals surface area contributed by atoms with Gasteiger partial charge in [-0.3, -0.25) is 9.59 Å². The lowest BCUT2D eigenvalue weighted by molar-refractivity contribution is 0.0998. The first-order valence-corrected chi connectivity index (χ1v) is 10.4. The van der Waals surface area contributed by atoms with Crippen molar-refractivity contribution in [3.63, 3.8) is 0 Å². The molecule has 0 atom stereocenters. The summed E-state index contributed by atoms with van der Waals surface area (Å²) in [5, 5.41) is 4.78. The number of nitrogens with zero attached hydrogens (tertiary/aromatic N) is 1. The first kappa shape index (κ1) is 18.4. The Bertz CT molecular complexity index is 959. The highest BCUT2D eigenvalue weighted by Crippen LogP contribution is 2.23. The third-order valence-electron chi connectivity index (χ3n) is 5.01. The van der Waals surface area contributed by atoms with Crippen LogP contribution in [0.15, 0.2) is 66.0 Å². The molecule has 4 rings (SSSR count). The lowest BCUT2D eigenvalue weighted by Gasteiger charge is -2.28. The van der Waals surface area contributed by atoms with Crippen molar-refractivity contribution < 1.29 is 9.59 Å². The Kier molecular flexibility index (Phi) is 5.53. The summed E-state index contributed by atoms with van der Waals surface area (Å²) in [6.45, 7) is 2.17. The van der Waals surface area contributed by atoms with Gasteiger partial charge in [0.2, 0.25) is 5.78 Å². The van der Waals surface area contributed by atoms with Crippen LogP contribution in [0.3, 0.4) is 0 Å². The molecule has 0 bridgehead atoms. The molecule has 0 saturated carbocycles. The van der Waals surface area contributed by atoms with Crippen LogP contribution in [0.4, 0.5) is 11.4 Å². The van der Waals surface area contributed by atoms with Crippen molar-refractivity contribution in [1.82, 2.24) is 0 Å². The van der Waals surface area contributed by atoms with Crippen LogP contribution in [-0.4, -0.2) is 24.8 Å². The number of hydrogen-bond acceptors (Lipinski definition) is 4. The molecule has 1 aliphatic rings. The molecule has 3 aromatic rings. The highest BCUT2D eigenvalue weighted by atomic mass is 32.1. The molecule has 1 amide bonds. The number of hydrogen-bond donors (Lipinski definition) is 1. The van der Waals surface area contributed by atoms with Gasteiger partial charge in [0.25, 0.3) is 5.91 Å². The number of ketones is 1. The number of rotatable bonds is 5. The van der Waals surface area contributed by atoms with Crippen molar-refractivity contribution in [3.05, 3.63) is 82.0 Å². The zero-order valence-corrected chi connectivity index (χ0v) is 16.4. The van der Waals surface area contributed by atoms with Crippen LogP contribution in [0, 0.1) is 0 Å². The fourth-order valence-electron chi connectivity index (χ4n) is 3.53. The average Bonchev–Trinajstić information content (AvgIpc) is 3.29. The minimum absolute atomic E-state index is 0.124. The minimum Gasteiger partial charge on any atom is -0.372 e. The molecule has 2 aromatic carbocycles. The topological polar surface area (TPSA) is 49.4 Å². The van der Waals surface area contributed by atoms with Gasteiger partial charge in [0, 0.05) is 30.0 Å². The molecule has 1 aliphatic heterocycles. The van der Waals surface area contributed by atoms with E-state index in [4.69, 9.17) is 0 Å². The maximum atomic E-state index is 12.8. The van der Waals surface area contributed by atoms with Gasteiger partial charge in [-0.05, 0) is 61.0 Å². The smallest absolute Gasteiger partial charge is 0.256 e. The molecule has 1 aromatic heterocycles. The molecular weight excluding hydrogens is 368 g/mol. The van der Waals surface area contributed by atoms with Gasteiger partial charge in [0.1, 0.15) is 0 Å². The van der Waals surface area contributed by atoms with Gasteiger partial charge in [0.05, 0.1) is 10.4 Å². The zero-order chi connectivity index (χ0) is 19.3. The highest BCUT2D eigenvalue weighted by molar-refractivity contribution is 7.12. The summed E-state index contributed by atoms with van der Waals surface area (Å²) >= 11 is 1.38. The fourth-order valence-corrected chi connectivity index (χ4v) is 4.20. The third kappa shape index (κ3) is 3.99. The summed E-state index contributed by atoms with van der Waals surface area (Å²) in [6, 6.07) is 18.5. The molecule has 0 unspecified atom stereocenters. The Morgan fingerprint density at radius 2 is 1.54 bits per heavy atom. The molecule has 5 heteroatoms. The van der Waals surface area contributed by atoms with Gasteiger partial charge in [-0.1, -0.05) is 24.3 Å². The average molecular weight is 391 g/mol. The first-order valence-electron chi connectivity index (χ1n) is 9.56. The third-order valence-corrected chi connectivity index (χ3v) is 5.88. The van der Waals surface area contributed by atoms with Crippen molar-refractivity contribution >= 4 is 34.4 Å². The number of thiophene rings is 1. The van der Waals surface area contributed by atoms with Crippen molar-refractivity contribution in [1.29, 1.82) is 0 Å². The van der Waals surface area contributed by atoms with E-state index < -0.39 is 0 Å². The fraction of sp³-hybridized carbons (Fsp3) is 0.217. The standard InChI is InChI=1S/C23H22N2O2S/c26-22(21-9-6-16-28-21)19-7-2-3-8-20(19)23(27)24-17-10-12-18(13-11-17)25-14-4-1-5-15-25/h2-3,6-13,16H,1,4-5,14-15H2,(H,24,27). The van der Waals surface area contributed by atoms with Crippen LogP contribution in [0.2, 0.25) is 0 Å². The Morgan fingerprint density at radius 3 is 2.21 bits per heavy atom.